The first-order valence-electron chi connectivity index (χ1n) is 8.17. The summed E-state index contributed by atoms with van der Waals surface area (Å²) in [5, 5.41) is 6.65. The molecule has 2 aromatic rings. The molecule has 0 spiro atoms. The molecule has 0 radical (unpaired) electrons. The van der Waals surface area contributed by atoms with Gasteiger partial charge in [0, 0.05) is 25.7 Å². The maximum Gasteiger partial charge on any atom is 0.191 e. The summed E-state index contributed by atoms with van der Waals surface area (Å²) in [4.78, 5) is 4.26. The lowest BCUT2D eigenvalue weighted by atomic mass is 10.1. The number of methoxy groups -OCH3 is 1. The van der Waals surface area contributed by atoms with Crippen LogP contribution in [0.15, 0.2) is 33.7 Å². The standard InChI is InChI=1S/C19H27N3O2/c1-13-6-7-18(23-5)16(10-13)8-9-21-19(20-4)22-12-17-11-14(2)24-15(17)3/h6-7,10-11H,8-9,12H2,1-5H3,(H2,20,21,22). The number of hydrogen-bond acceptors (Lipinski definition) is 3. The summed E-state index contributed by atoms with van der Waals surface area (Å²) in [5.41, 5.74) is 3.58. The minimum atomic E-state index is 0.691. The smallest absolute Gasteiger partial charge is 0.191 e. The number of hydrogen-bond donors (Lipinski definition) is 2. The molecule has 0 amide bonds. The zero-order valence-electron chi connectivity index (χ0n) is 15.2. The minimum absolute atomic E-state index is 0.691. The predicted octanol–water partition coefficient (Wildman–Crippen LogP) is 3.12. The molecular formula is C19H27N3O2. The molecule has 0 saturated carbocycles. The van der Waals surface area contributed by atoms with E-state index in [9.17, 15) is 0 Å². The van der Waals surface area contributed by atoms with Crippen molar-refractivity contribution in [2.45, 2.75) is 33.7 Å². The first kappa shape index (κ1) is 17.9. The molecule has 1 heterocycles. The number of benzene rings is 1. The van der Waals surface area contributed by atoms with Gasteiger partial charge in [-0.3, -0.25) is 4.99 Å². The van der Waals surface area contributed by atoms with E-state index in [0.29, 0.717) is 6.54 Å². The maximum absolute atomic E-state index is 5.54. The number of rotatable bonds is 6. The van der Waals surface area contributed by atoms with Gasteiger partial charge in [-0.15, -0.1) is 0 Å². The molecule has 5 heteroatoms. The van der Waals surface area contributed by atoms with Crippen molar-refractivity contribution in [3.63, 3.8) is 0 Å². The van der Waals surface area contributed by atoms with E-state index in [4.69, 9.17) is 9.15 Å². The van der Waals surface area contributed by atoms with Crippen molar-refractivity contribution in [2.24, 2.45) is 4.99 Å². The van der Waals surface area contributed by atoms with E-state index < -0.39 is 0 Å². The maximum atomic E-state index is 5.54. The van der Waals surface area contributed by atoms with Gasteiger partial charge in [-0.25, -0.2) is 0 Å². The highest BCUT2D eigenvalue weighted by atomic mass is 16.5. The Kier molecular flexibility index (Phi) is 6.29. The number of ether oxygens (including phenoxy) is 1. The Morgan fingerprint density at radius 1 is 1.12 bits per heavy atom. The van der Waals surface area contributed by atoms with E-state index in [2.05, 4.69) is 34.7 Å². The molecule has 24 heavy (non-hydrogen) atoms. The lowest BCUT2D eigenvalue weighted by Gasteiger charge is -2.13. The van der Waals surface area contributed by atoms with Crippen LogP contribution in [0, 0.1) is 20.8 Å². The Bertz CT molecular complexity index is 705. The minimum Gasteiger partial charge on any atom is -0.496 e. The Hall–Kier alpha value is -2.43. The molecule has 0 unspecified atom stereocenters. The van der Waals surface area contributed by atoms with Gasteiger partial charge in [0.1, 0.15) is 17.3 Å². The quantitative estimate of drug-likeness (QED) is 0.631. The third kappa shape index (κ3) is 4.78. The molecule has 0 aliphatic heterocycles. The van der Waals surface area contributed by atoms with Crippen molar-refractivity contribution in [3.8, 4) is 5.75 Å². The fourth-order valence-corrected chi connectivity index (χ4v) is 2.68. The van der Waals surface area contributed by atoms with E-state index in [-0.39, 0.29) is 0 Å². The Labute approximate surface area is 144 Å². The fourth-order valence-electron chi connectivity index (χ4n) is 2.68. The van der Waals surface area contributed by atoms with Crippen LogP contribution in [-0.4, -0.2) is 26.7 Å². The fraction of sp³-hybridized carbons (Fsp3) is 0.421. The van der Waals surface area contributed by atoms with Crippen molar-refractivity contribution in [1.29, 1.82) is 0 Å². The number of aliphatic imine (C=N–C) groups is 1. The zero-order chi connectivity index (χ0) is 17.5. The predicted molar refractivity (Wildman–Crippen MR) is 97.8 cm³/mol. The Morgan fingerprint density at radius 3 is 2.54 bits per heavy atom. The second-order valence-corrected chi connectivity index (χ2v) is 5.86. The van der Waals surface area contributed by atoms with Crippen LogP contribution in [0.4, 0.5) is 0 Å². The van der Waals surface area contributed by atoms with E-state index >= 15 is 0 Å². The highest BCUT2D eigenvalue weighted by Gasteiger charge is 2.07. The zero-order valence-corrected chi connectivity index (χ0v) is 15.2. The van der Waals surface area contributed by atoms with Gasteiger partial charge in [-0.1, -0.05) is 17.7 Å². The topological polar surface area (TPSA) is 58.8 Å². The monoisotopic (exact) mass is 329 g/mol. The second kappa shape index (κ2) is 8.43. The van der Waals surface area contributed by atoms with Crippen LogP contribution >= 0.6 is 0 Å². The van der Waals surface area contributed by atoms with Gasteiger partial charge in [-0.05, 0) is 44.9 Å². The van der Waals surface area contributed by atoms with Crippen LogP contribution in [0.2, 0.25) is 0 Å². The third-order valence-corrected chi connectivity index (χ3v) is 3.94. The van der Waals surface area contributed by atoms with E-state index in [1.807, 2.05) is 26.0 Å². The van der Waals surface area contributed by atoms with Gasteiger partial charge < -0.3 is 19.8 Å². The number of nitrogens with one attached hydrogen (secondary N) is 2. The van der Waals surface area contributed by atoms with Gasteiger partial charge in [0.2, 0.25) is 0 Å². The van der Waals surface area contributed by atoms with Gasteiger partial charge in [0.05, 0.1) is 7.11 Å². The summed E-state index contributed by atoms with van der Waals surface area (Å²) in [6.07, 6.45) is 0.870. The lowest BCUT2D eigenvalue weighted by molar-refractivity contribution is 0.409. The average molecular weight is 329 g/mol. The number of aryl methyl sites for hydroxylation is 3. The van der Waals surface area contributed by atoms with Crippen LogP contribution in [0.5, 0.6) is 5.75 Å². The van der Waals surface area contributed by atoms with Crippen LogP contribution in [0.25, 0.3) is 0 Å². The molecule has 0 saturated heterocycles. The largest absolute Gasteiger partial charge is 0.496 e. The van der Waals surface area contributed by atoms with Crippen LogP contribution in [-0.2, 0) is 13.0 Å². The summed E-state index contributed by atoms with van der Waals surface area (Å²) < 4.78 is 11.0. The van der Waals surface area contributed by atoms with Gasteiger partial charge in [-0.2, -0.15) is 0 Å². The molecule has 2 N–H and O–H groups in total. The molecule has 0 bridgehead atoms. The van der Waals surface area contributed by atoms with Gasteiger partial charge in [0.25, 0.3) is 0 Å². The molecule has 0 fully saturated rings. The normalized spacial score (nSPS) is 11.5. The molecule has 130 valence electrons. The van der Waals surface area contributed by atoms with Crippen LogP contribution < -0.4 is 15.4 Å². The molecule has 0 aliphatic carbocycles. The molecular weight excluding hydrogens is 302 g/mol. The number of guanidine groups is 1. The number of furan rings is 1. The van der Waals surface area contributed by atoms with E-state index in [1.165, 1.54) is 11.1 Å². The summed E-state index contributed by atoms with van der Waals surface area (Å²) in [5.74, 6) is 3.58. The SMILES string of the molecule is CN=C(NCCc1cc(C)ccc1OC)NCc1cc(C)oc1C. The Balaban J connectivity index is 1.86. The third-order valence-electron chi connectivity index (χ3n) is 3.94. The number of nitrogens with zero attached hydrogens (tertiary/aromatic N) is 1. The van der Waals surface area contributed by atoms with Crippen LogP contribution in [0.1, 0.15) is 28.2 Å². The highest BCUT2D eigenvalue weighted by Crippen LogP contribution is 2.19. The van der Waals surface area contributed by atoms with Crippen LogP contribution in [0.3, 0.4) is 0 Å². The van der Waals surface area contributed by atoms with Crippen molar-refractivity contribution in [3.05, 3.63) is 52.5 Å². The summed E-state index contributed by atoms with van der Waals surface area (Å²) in [7, 11) is 3.48. The molecule has 1 aromatic carbocycles. The van der Waals surface area contributed by atoms with Gasteiger partial charge >= 0.3 is 0 Å². The molecule has 2 rings (SSSR count). The van der Waals surface area contributed by atoms with Crippen molar-refractivity contribution < 1.29 is 9.15 Å². The molecule has 1 aromatic heterocycles. The summed E-state index contributed by atoms with van der Waals surface area (Å²) in [6.45, 7) is 7.49. The van der Waals surface area contributed by atoms with E-state index in [0.717, 1.165) is 41.8 Å². The van der Waals surface area contributed by atoms with Crippen molar-refractivity contribution in [1.82, 2.24) is 10.6 Å². The second-order valence-electron chi connectivity index (χ2n) is 5.86. The molecule has 0 atom stereocenters. The van der Waals surface area contributed by atoms with Crippen molar-refractivity contribution in [2.75, 3.05) is 20.7 Å². The first-order chi connectivity index (χ1) is 11.5. The van der Waals surface area contributed by atoms with E-state index in [1.54, 1.807) is 14.2 Å². The average Bonchev–Trinajstić information content (AvgIpc) is 2.88. The van der Waals surface area contributed by atoms with Crippen molar-refractivity contribution >= 4 is 5.96 Å². The summed E-state index contributed by atoms with van der Waals surface area (Å²) >= 11 is 0. The first-order valence-corrected chi connectivity index (χ1v) is 8.17. The summed E-state index contributed by atoms with van der Waals surface area (Å²) in [6, 6.07) is 8.29. The lowest BCUT2D eigenvalue weighted by Crippen LogP contribution is -2.37. The molecule has 5 nitrogen and oxygen atoms in total. The molecule has 0 aliphatic rings. The highest BCUT2D eigenvalue weighted by molar-refractivity contribution is 5.79. The van der Waals surface area contributed by atoms with Gasteiger partial charge in [0.15, 0.2) is 5.96 Å². The Morgan fingerprint density at radius 2 is 1.92 bits per heavy atom.